The summed E-state index contributed by atoms with van der Waals surface area (Å²) in [6.45, 7) is 2.56. The van der Waals surface area contributed by atoms with Crippen LogP contribution < -0.4 is 11.1 Å². The van der Waals surface area contributed by atoms with Crippen molar-refractivity contribution in [3.63, 3.8) is 0 Å². The van der Waals surface area contributed by atoms with Crippen molar-refractivity contribution in [3.8, 4) is 0 Å². The Balaban J connectivity index is 1.76. The molecule has 1 aliphatic heterocycles. The third-order valence-electron chi connectivity index (χ3n) is 3.19. The molecule has 2 heterocycles. The molecular formula is C13H20N4O2. The van der Waals surface area contributed by atoms with E-state index in [4.69, 9.17) is 15.7 Å². The summed E-state index contributed by atoms with van der Waals surface area (Å²) in [5, 5.41) is 14.9. The number of ether oxygens (including phenoxy) is 1. The third-order valence-corrected chi connectivity index (χ3v) is 3.19. The van der Waals surface area contributed by atoms with Gasteiger partial charge in [-0.15, -0.1) is 0 Å². The van der Waals surface area contributed by atoms with Crippen LogP contribution in [-0.4, -0.2) is 35.3 Å². The minimum atomic E-state index is 0.0289. The zero-order valence-electron chi connectivity index (χ0n) is 10.9. The van der Waals surface area contributed by atoms with Gasteiger partial charge in [-0.05, 0) is 43.5 Å². The maximum atomic E-state index is 8.61. The van der Waals surface area contributed by atoms with Crippen LogP contribution in [0.5, 0.6) is 0 Å². The Bertz CT molecular complexity index is 430. The highest BCUT2D eigenvalue weighted by atomic mass is 16.5. The lowest BCUT2D eigenvalue weighted by atomic mass is 10.2. The molecule has 1 fully saturated rings. The molecule has 0 radical (unpaired) electrons. The first kappa shape index (κ1) is 13.8. The van der Waals surface area contributed by atoms with Gasteiger partial charge in [0.2, 0.25) is 0 Å². The van der Waals surface area contributed by atoms with E-state index in [1.807, 2.05) is 12.1 Å². The highest BCUT2D eigenvalue weighted by Gasteiger charge is 2.14. The van der Waals surface area contributed by atoms with Crippen molar-refractivity contribution in [1.82, 2.24) is 10.3 Å². The number of oxime groups is 1. The molecule has 6 heteroatoms. The molecule has 1 aliphatic rings. The monoisotopic (exact) mass is 264 g/mol. The lowest BCUT2D eigenvalue weighted by Gasteiger charge is -2.10. The van der Waals surface area contributed by atoms with Crippen LogP contribution in [0.15, 0.2) is 23.5 Å². The average molecular weight is 264 g/mol. The molecule has 19 heavy (non-hydrogen) atoms. The van der Waals surface area contributed by atoms with Gasteiger partial charge in [0.1, 0.15) is 5.69 Å². The van der Waals surface area contributed by atoms with E-state index >= 15 is 0 Å². The van der Waals surface area contributed by atoms with E-state index < -0.39 is 0 Å². The van der Waals surface area contributed by atoms with E-state index in [9.17, 15) is 0 Å². The van der Waals surface area contributed by atoms with Crippen LogP contribution in [0.1, 0.15) is 30.5 Å². The lowest BCUT2D eigenvalue weighted by Crippen LogP contribution is -2.20. The van der Waals surface area contributed by atoms with Gasteiger partial charge < -0.3 is 21.0 Å². The van der Waals surface area contributed by atoms with Crippen molar-refractivity contribution in [2.45, 2.75) is 31.9 Å². The summed E-state index contributed by atoms with van der Waals surface area (Å²) >= 11 is 0. The van der Waals surface area contributed by atoms with Crippen molar-refractivity contribution in [2.24, 2.45) is 10.9 Å². The summed E-state index contributed by atoms with van der Waals surface area (Å²) in [4.78, 5) is 4.04. The number of hydrogen-bond donors (Lipinski definition) is 3. The Hall–Kier alpha value is -1.66. The molecule has 4 N–H and O–H groups in total. The fourth-order valence-electron chi connectivity index (χ4n) is 2.14. The molecular weight excluding hydrogens is 244 g/mol. The third kappa shape index (κ3) is 4.18. The summed E-state index contributed by atoms with van der Waals surface area (Å²) in [7, 11) is 0. The van der Waals surface area contributed by atoms with E-state index in [0.29, 0.717) is 11.8 Å². The second-order valence-corrected chi connectivity index (χ2v) is 4.64. The molecule has 1 atom stereocenters. The van der Waals surface area contributed by atoms with Crippen molar-refractivity contribution < 1.29 is 9.94 Å². The molecule has 1 aromatic heterocycles. The minimum absolute atomic E-state index is 0.0289. The fourth-order valence-corrected chi connectivity index (χ4v) is 2.14. The molecule has 0 saturated carbocycles. The van der Waals surface area contributed by atoms with Crippen LogP contribution in [0.4, 0.5) is 0 Å². The second kappa shape index (κ2) is 7.06. The molecule has 0 aromatic carbocycles. The standard InChI is InChI=1S/C13H20N4O2/c14-13(17-18)12-8-10(3-6-16-12)9-15-5-4-11-2-1-7-19-11/h3,6,8,11,15,18H,1-2,4-5,7,9H2,(H2,14,17). The quantitative estimate of drug-likeness (QED) is 0.233. The van der Waals surface area contributed by atoms with E-state index in [1.54, 1.807) is 6.20 Å². The van der Waals surface area contributed by atoms with Gasteiger partial charge in [0.25, 0.3) is 0 Å². The number of nitrogens with two attached hydrogens (primary N) is 1. The predicted molar refractivity (Wildman–Crippen MR) is 72.0 cm³/mol. The van der Waals surface area contributed by atoms with Gasteiger partial charge in [-0.25, -0.2) is 0 Å². The number of aromatic nitrogens is 1. The highest BCUT2D eigenvalue weighted by Crippen LogP contribution is 2.14. The number of rotatable bonds is 6. The van der Waals surface area contributed by atoms with E-state index in [1.165, 1.54) is 12.8 Å². The molecule has 104 valence electrons. The van der Waals surface area contributed by atoms with Crippen LogP contribution in [0.2, 0.25) is 0 Å². The number of hydrogen-bond acceptors (Lipinski definition) is 5. The first-order valence-electron chi connectivity index (χ1n) is 6.54. The molecule has 0 bridgehead atoms. The van der Waals surface area contributed by atoms with Crippen LogP contribution in [0.25, 0.3) is 0 Å². The van der Waals surface area contributed by atoms with E-state index in [2.05, 4.69) is 15.5 Å². The highest BCUT2D eigenvalue weighted by molar-refractivity contribution is 5.95. The van der Waals surface area contributed by atoms with Gasteiger partial charge in [-0.1, -0.05) is 5.16 Å². The molecule has 0 amide bonds. The summed E-state index contributed by atoms with van der Waals surface area (Å²) < 4.78 is 5.56. The Labute approximate surface area is 112 Å². The average Bonchev–Trinajstić information content (AvgIpc) is 2.96. The summed E-state index contributed by atoms with van der Waals surface area (Å²) in [5.41, 5.74) is 7.05. The second-order valence-electron chi connectivity index (χ2n) is 4.64. The van der Waals surface area contributed by atoms with Gasteiger partial charge in [-0.2, -0.15) is 0 Å². The van der Waals surface area contributed by atoms with Gasteiger partial charge in [0, 0.05) is 19.3 Å². The zero-order chi connectivity index (χ0) is 13.5. The number of amidine groups is 1. The maximum absolute atomic E-state index is 8.61. The Morgan fingerprint density at radius 3 is 3.26 bits per heavy atom. The SMILES string of the molecule is NC(=NO)c1cc(CNCCC2CCCO2)ccn1. The van der Waals surface area contributed by atoms with Gasteiger partial charge >= 0.3 is 0 Å². The van der Waals surface area contributed by atoms with E-state index in [0.717, 1.165) is 31.7 Å². The predicted octanol–water partition coefficient (Wildman–Crippen LogP) is 0.835. The smallest absolute Gasteiger partial charge is 0.188 e. The van der Waals surface area contributed by atoms with Crippen molar-refractivity contribution >= 4 is 5.84 Å². The Morgan fingerprint density at radius 1 is 1.63 bits per heavy atom. The topological polar surface area (TPSA) is 92.8 Å². The molecule has 1 saturated heterocycles. The van der Waals surface area contributed by atoms with Crippen molar-refractivity contribution in [3.05, 3.63) is 29.6 Å². The number of nitrogens with one attached hydrogen (secondary N) is 1. The minimum Gasteiger partial charge on any atom is -0.409 e. The molecule has 1 unspecified atom stereocenters. The molecule has 1 aromatic rings. The van der Waals surface area contributed by atoms with Gasteiger partial charge in [0.05, 0.1) is 6.10 Å². The van der Waals surface area contributed by atoms with Crippen molar-refractivity contribution in [2.75, 3.05) is 13.2 Å². The largest absolute Gasteiger partial charge is 0.409 e. The Morgan fingerprint density at radius 2 is 2.53 bits per heavy atom. The van der Waals surface area contributed by atoms with Crippen LogP contribution in [0.3, 0.4) is 0 Å². The van der Waals surface area contributed by atoms with Crippen LogP contribution >= 0.6 is 0 Å². The fraction of sp³-hybridized carbons (Fsp3) is 0.538. The summed E-state index contributed by atoms with van der Waals surface area (Å²) in [6.07, 6.45) is 5.46. The molecule has 0 spiro atoms. The maximum Gasteiger partial charge on any atom is 0.188 e. The lowest BCUT2D eigenvalue weighted by molar-refractivity contribution is 0.104. The molecule has 6 nitrogen and oxygen atoms in total. The first-order valence-corrected chi connectivity index (χ1v) is 6.54. The van der Waals surface area contributed by atoms with Crippen LogP contribution in [0, 0.1) is 0 Å². The summed E-state index contributed by atoms with van der Waals surface area (Å²) in [5.74, 6) is 0.0289. The first-order chi connectivity index (χ1) is 9.29. The van der Waals surface area contributed by atoms with Crippen molar-refractivity contribution in [1.29, 1.82) is 0 Å². The summed E-state index contributed by atoms with van der Waals surface area (Å²) in [6, 6.07) is 3.72. The van der Waals surface area contributed by atoms with Crippen LogP contribution in [-0.2, 0) is 11.3 Å². The number of nitrogens with zero attached hydrogens (tertiary/aromatic N) is 2. The molecule has 0 aliphatic carbocycles. The number of pyridine rings is 1. The Kier molecular flexibility index (Phi) is 5.11. The normalized spacial score (nSPS) is 19.8. The van der Waals surface area contributed by atoms with Gasteiger partial charge in [0.15, 0.2) is 5.84 Å². The van der Waals surface area contributed by atoms with E-state index in [-0.39, 0.29) is 5.84 Å². The van der Waals surface area contributed by atoms with Gasteiger partial charge in [-0.3, -0.25) is 4.98 Å². The zero-order valence-corrected chi connectivity index (χ0v) is 10.9. The molecule has 2 rings (SSSR count).